The van der Waals surface area contributed by atoms with Crippen LogP contribution in [0.25, 0.3) is 43.8 Å². The summed E-state index contributed by atoms with van der Waals surface area (Å²) < 4.78 is 2.46. The molecule has 0 aromatic heterocycles. The number of rotatable bonds is 28. The van der Waals surface area contributed by atoms with E-state index in [2.05, 4.69) is 170 Å². The van der Waals surface area contributed by atoms with Gasteiger partial charge in [-0.25, -0.2) is 0 Å². The van der Waals surface area contributed by atoms with Crippen LogP contribution >= 0.6 is 31.9 Å². The van der Waals surface area contributed by atoms with Crippen LogP contribution in [0.15, 0.2) is 106 Å². The van der Waals surface area contributed by atoms with Crippen LogP contribution in [-0.2, 0) is 10.8 Å². The maximum Gasteiger partial charge on any atom is 0.0257 e. The van der Waals surface area contributed by atoms with Crippen molar-refractivity contribution >= 4 is 53.4 Å². The molecular formula is C68H90Br2. The van der Waals surface area contributed by atoms with Gasteiger partial charge in [0.25, 0.3) is 0 Å². The molecule has 0 nitrogen and oxygen atoms in total. The number of benzene rings is 6. The molecule has 0 unspecified atom stereocenters. The molecule has 0 bridgehead atoms. The van der Waals surface area contributed by atoms with Crippen molar-refractivity contribution in [2.24, 2.45) is 0 Å². The van der Waals surface area contributed by atoms with Gasteiger partial charge in [0, 0.05) is 19.8 Å². The predicted octanol–water partition coefficient (Wildman–Crippen LogP) is 23.4. The summed E-state index contributed by atoms with van der Waals surface area (Å²) in [5, 5.41) is 5.61. The number of hydrogen-bond acceptors (Lipinski definition) is 0. The van der Waals surface area contributed by atoms with Crippen molar-refractivity contribution in [3.05, 3.63) is 139 Å². The minimum Gasteiger partial charge on any atom is -0.0654 e. The van der Waals surface area contributed by atoms with Crippen LogP contribution in [0.3, 0.4) is 0 Å². The van der Waals surface area contributed by atoms with Crippen molar-refractivity contribution in [3.8, 4) is 22.3 Å². The minimum absolute atomic E-state index is 0.122. The fourth-order valence-corrected chi connectivity index (χ4v) is 14.0. The highest BCUT2D eigenvalue weighted by molar-refractivity contribution is 9.11. The zero-order chi connectivity index (χ0) is 49.4. The van der Waals surface area contributed by atoms with E-state index in [0.717, 1.165) is 0 Å². The maximum absolute atomic E-state index is 3.97. The third kappa shape index (κ3) is 12.6. The van der Waals surface area contributed by atoms with E-state index in [0.29, 0.717) is 0 Å². The molecule has 2 aliphatic carbocycles. The molecule has 0 fully saturated rings. The first-order valence-electron chi connectivity index (χ1n) is 28.9. The summed E-state index contributed by atoms with van der Waals surface area (Å²) >= 11 is 7.81. The lowest BCUT2D eigenvalue weighted by Crippen LogP contribution is -2.26. The average molecular weight is 1070 g/mol. The molecular weight excluding hydrogens is 977 g/mol. The van der Waals surface area contributed by atoms with Gasteiger partial charge < -0.3 is 0 Å². The second-order valence-electron chi connectivity index (χ2n) is 22.0. The van der Waals surface area contributed by atoms with Crippen LogP contribution in [0.1, 0.15) is 241 Å². The summed E-state index contributed by atoms with van der Waals surface area (Å²) in [6.07, 6.45) is 37.8. The van der Waals surface area contributed by atoms with Crippen molar-refractivity contribution in [2.45, 2.75) is 232 Å². The van der Waals surface area contributed by atoms with Gasteiger partial charge in [-0.15, -0.1) is 0 Å². The number of halogens is 2. The zero-order valence-electron chi connectivity index (χ0n) is 44.8. The SMILES string of the molecule is CCCCCCCCC1(CCCCCCCC)c2cc(Br)ccc2-c2c1cc(Br)c1ccccc21.CCCCCCCCC1(CCCCCCCC)c2cc(C)ccc2-c2c1cc(C)c1ccccc21. The van der Waals surface area contributed by atoms with E-state index >= 15 is 0 Å². The van der Waals surface area contributed by atoms with Crippen molar-refractivity contribution in [1.29, 1.82) is 0 Å². The van der Waals surface area contributed by atoms with Crippen LogP contribution in [0.4, 0.5) is 0 Å². The Morgan fingerprint density at radius 1 is 0.343 bits per heavy atom. The molecule has 0 N–H and O–H groups in total. The van der Waals surface area contributed by atoms with Gasteiger partial charge in [-0.1, -0.05) is 298 Å². The Kier molecular flexibility index (Phi) is 21.2. The Balaban J connectivity index is 0.000000206. The predicted molar refractivity (Wildman–Crippen MR) is 317 cm³/mol. The molecule has 0 aliphatic heterocycles. The molecule has 70 heavy (non-hydrogen) atoms. The van der Waals surface area contributed by atoms with Gasteiger partial charge in [0.05, 0.1) is 0 Å². The lowest BCUT2D eigenvalue weighted by molar-refractivity contribution is 0.397. The molecule has 0 saturated carbocycles. The fourth-order valence-electron chi connectivity index (χ4n) is 13.1. The van der Waals surface area contributed by atoms with Crippen LogP contribution in [0.2, 0.25) is 0 Å². The van der Waals surface area contributed by atoms with Gasteiger partial charge in [-0.3, -0.25) is 0 Å². The average Bonchev–Trinajstić information content (AvgIpc) is 3.78. The first-order valence-corrected chi connectivity index (χ1v) is 30.5. The molecule has 0 spiro atoms. The summed E-state index contributed by atoms with van der Waals surface area (Å²) in [7, 11) is 0. The summed E-state index contributed by atoms with van der Waals surface area (Å²) in [4.78, 5) is 0. The lowest BCUT2D eigenvalue weighted by Gasteiger charge is -2.33. The normalized spacial score (nSPS) is 13.8. The Labute approximate surface area is 444 Å². The topological polar surface area (TPSA) is 0 Å². The van der Waals surface area contributed by atoms with Crippen molar-refractivity contribution in [3.63, 3.8) is 0 Å². The van der Waals surface area contributed by atoms with E-state index in [1.54, 1.807) is 22.3 Å². The van der Waals surface area contributed by atoms with Gasteiger partial charge in [-0.05, 0) is 129 Å². The molecule has 6 aromatic rings. The second kappa shape index (κ2) is 27.2. The van der Waals surface area contributed by atoms with Gasteiger partial charge in [-0.2, -0.15) is 0 Å². The van der Waals surface area contributed by atoms with Crippen molar-refractivity contribution in [2.75, 3.05) is 0 Å². The molecule has 376 valence electrons. The van der Waals surface area contributed by atoms with Crippen molar-refractivity contribution in [1.82, 2.24) is 0 Å². The van der Waals surface area contributed by atoms with E-state index in [1.165, 1.54) is 244 Å². The Bertz CT molecular complexity index is 2360. The summed E-state index contributed by atoms with van der Waals surface area (Å²) in [6, 6.07) is 37.6. The largest absolute Gasteiger partial charge is 0.0654 e. The van der Waals surface area contributed by atoms with Gasteiger partial charge in [0.1, 0.15) is 0 Å². The summed E-state index contributed by atoms with van der Waals surface area (Å²) in [5.74, 6) is 0. The summed E-state index contributed by atoms with van der Waals surface area (Å²) in [6.45, 7) is 13.9. The van der Waals surface area contributed by atoms with E-state index < -0.39 is 0 Å². The first kappa shape index (κ1) is 54.6. The smallest absolute Gasteiger partial charge is 0.0257 e. The van der Waals surface area contributed by atoms with Gasteiger partial charge >= 0.3 is 0 Å². The third-order valence-corrected chi connectivity index (χ3v) is 18.0. The Morgan fingerprint density at radius 3 is 1.19 bits per heavy atom. The molecule has 0 saturated heterocycles. The Morgan fingerprint density at radius 2 is 0.714 bits per heavy atom. The zero-order valence-corrected chi connectivity index (χ0v) is 48.0. The molecule has 2 heteroatoms. The van der Waals surface area contributed by atoms with E-state index in [9.17, 15) is 0 Å². The van der Waals surface area contributed by atoms with E-state index in [1.807, 2.05) is 0 Å². The Hall–Kier alpha value is -3.20. The number of hydrogen-bond donors (Lipinski definition) is 0. The summed E-state index contributed by atoms with van der Waals surface area (Å²) in [5.41, 5.74) is 15.6. The van der Waals surface area contributed by atoms with Crippen LogP contribution in [0, 0.1) is 13.8 Å². The quantitative estimate of drug-likeness (QED) is 0.0430. The monoisotopic (exact) mass is 1060 g/mol. The third-order valence-electron chi connectivity index (χ3n) is 16.8. The molecule has 0 amide bonds. The van der Waals surface area contributed by atoms with Crippen LogP contribution in [0.5, 0.6) is 0 Å². The number of unbranched alkanes of at least 4 members (excludes halogenated alkanes) is 20. The molecule has 6 aromatic carbocycles. The van der Waals surface area contributed by atoms with Gasteiger partial charge in [0.2, 0.25) is 0 Å². The highest BCUT2D eigenvalue weighted by Crippen LogP contribution is 2.59. The molecule has 0 atom stereocenters. The molecule has 2 aliphatic rings. The standard InChI is InChI=1S/C35H48.C33H42Br2/c1-5-7-9-11-13-17-23-35(24-18-14-12-10-8-6-2)32-25-27(3)21-22-31(32)34-30-20-16-15-19-29(30)28(4)26-33(34)35;1-3-5-7-9-11-15-21-33(22-16-12-10-8-6-4-2)29-23-25(34)19-20-28(29)32-27-18-14-13-17-26(27)31(35)24-30(32)33/h15-16,19-22,25-26H,5-14,17-18,23-24H2,1-4H3;13-14,17-20,23-24H,3-12,15-16,21-22H2,1-2H3. The van der Waals surface area contributed by atoms with Crippen LogP contribution < -0.4 is 0 Å². The fraction of sp³-hybridized carbons (Fsp3) is 0.529. The number of aryl methyl sites for hydroxylation is 2. The highest BCUT2D eigenvalue weighted by Gasteiger charge is 2.45. The van der Waals surface area contributed by atoms with E-state index in [4.69, 9.17) is 0 Å². The first-order chi connectivity index (χ1) is 34.2. The molecule has 0 radical (unpaired) electrons. The molecule has 0 heterocycles. The minimum atomic E-state index is 0.122. The highest BCUT2D eigenvalue weighted by atomic mass is 79.9. The number of fused-ring (bicyclic) bond motifs is 10. The lowest BCUT2D eigenvalue weighted by atomic mass is 9.70. The molecule has 8 rings (SSSR count). The van der Waals surface area contributed by atoms with Crippen LogP contribution in [-0.4, -0.2) is 0 Å². The van der Waals surface area contributed by atoms with Crippen molar-refractivity contribution < 1.29 is 0 Å². The van der Waals surface area contributed by atoms with E-state index in [-0.39, 0.29) is 10.8 Å². The maximum atomic E-state index is 3.97. The van der Waals surface area contributed by atoms with Gasteiger partial charge in [0.15, 0.2) is 0 Å². The second-order valence-corrected chi connectivity index (χ2v) is 23.7.